The summed E-state index contributed by atoms with van der Waals surface area (Å²) >= 11 is 0. The number of aliphatic hydroxyl groups is 2. The summed E-state index contributed by atoms with van der Waals surface area (Å²) in [6.45, 7) is 19.7. The molecule has 0 aliphatic heterocycles. The van der Waals surface area contributed by atoms with Gasteiger partial charge >= 0.3 is 0 Å². The Hall–Kier alpha value is -0.600. The lowest BCUT2D eigenvalue weighted by atomic mass is 9.70. The van der Waals surface area contributed by atoms with Crippen molar-refractivity contribution >= 4 is 0 Å². The van der Waals surface area contributed by atoms with E-state index in [1.54, 1.807) is 16.7 Å². The molecular weight excluding hydrogens is 344 g/mol. The Labute approximate surface area is 176 Å². The topological polar surface area (TPSA) is 40.5 Å². The van der Waals surface area contributed by atoms with Crippen LogP contribution in [0.5, 0.6) is 0 Å². The van der Waals surface area contributed by atoms with Crippen LogP contribution < -0.4 is 0 Å². The highest BCUT2D eigenvalue weighted by molar-refractivity contribution is 5.38. The molecule has 0 aromatic heterocycles. The van der Waals surface area contributed by atoms with E-state index < -0.39 is 0 Å². The molecule has 0 bridgehead atoms. The van der Waals surface area contributed by atoms with Crippen molar-refractivity contribution in [2.24, 2.45) is 29.1 Å². The van der Waals surface area contributed by atoms with Crippen molar-refractivity contribution in [3.63, 3.8) is 0 Å². The predicted molar refractivity (Wildman–Crippen MR) is 124 cm³/mol. The number of aliphatic hydroxyl groups excluding tert-OH is 2. The fraction of sp³-hybridized carbons (Fsp3) is 0.846. The Morgan fingerprint density at radius 2 is 1.68 bits per heavy atom. The molecule has 2 nitrogen and oxygen atoms in total. The Kier molecular flexibility index (Phi) is 12.6. The van der Waals surface area contributed by atoms with Crippen molar-refractivity contribution in [2.45, 2.75) is 107 Å². The van der Waals surface area contributed by atoms with Gasteiger partial charge in [0.1, 0.15) is 0 Å². The maximum atomic E-state index is 10.9. The van der Waals surface area contributed by atoms with Gasteiger partial charge in [-0.2, -0.15) is 0 Å². The van der Waals surface area contributed by atoms with E-state index in [4.69, 9.17) is 5.11 Å². The minimum absolute atomic E-state index is 0.162. The molecule has 3 aliphatic carbocycles. The Balaban J connectivity index is 0.00000111. The molecule has 3 rings (SSSR count). The quantitative estimate of drug-likeness (QED) is 0.488. The highest BCUT2D eigenvalue weighted by Crippen LogP contribution is 2.54. The minimum Gasteiger partial charge on any atom is -0.400 e. The van der Waals surface area contributed by atoms with Gasteiger partial charge in [-0.1, -0.05) is 85.1 Å². The van der Waals surface area contributed by atoms with Gasteiger partial charge in [0.2, 0.25) is 0 Å². The van der Waals surface area contributed by atoms with Gasteiger partial charge in [-0.3, -0.25) is 0 Å². The summed E-state index contributed by atoms with van der Waals surface area (Å²) in [4.78, 5) is 0. The molecular formula is C26H50O2. The maximum absolute atomic E-state index is 10.9. The lowest BCUT2D eigenvalue weighted by Crippen LogP contribution is -2.31. The Morgan fingerprint density at radius 1 is 1.11 bits per heavy atom. The minimum atomic E-state index is -0.162. The molecule has 0 heterocycles. The second-order valence-corrected chi connectivity index (χ2v) is 8.64. The largest absolute Gasteiger partial charge is 0.400 e. The van der Waals surface area contributed by atoms with Gasteiger partial charge in [0.05, 0.1) is 6.10 Å². The predicted octanol–water partition coefficient (Wildman–Crippen LogP) is 7.16. The molecule has 2 N–H and O–H groups in total. The highest BCUT2D eigenvalue weighted by Gasteiger charge is 2.44. The van der Waals surface area contributed by atoms with Crippen molar-refractivity contribution in [3.8, 4) is 0 Å². The van der Waals surface area contributed by atoms with E-state index in [1.165, 1.54) is 32.1 Å². The zero-order valence-electron chi connectivity index (χ0n) is 20.6. The molecule has 1 fully saturated rings. The summed E-state index contributed by atoms with van der Waals surface area (Å²) in [5.41, 5.74) is 5.12. The fourth-order valence-corrected chi connectivity index (χ4v) is 5.50. The third kappa shape index (κ3) is 5.72. The van der Waals surface area contributed by atoms with Gasteiger partial charge in [0, 0.05) is 12.5 Å². The van der Waals surface area contributed by atoms with E-state index in [1.807, 2.05) is 27.7 Å². The van der Waals surface area contributed by atoms with Gasteiger partial charge in [0.25, 0.3) is 0 Å². The first kappa shape index (κ1) is 27.4. The second-order valence-electron chi connectivity index (χ2n) is 8.64. The van der Waals surface area contributed by atoms with Crippen molar-refractivity contribution in [3.05, 3.63) is 22.8 Å². The standard InChI is InChI=1S/C21H34O.2C2H6.CH4O/c1-6-15-7-8-17-14(4)20(22)11-19-16(13(2)3)9-10-21(19,5)12-18(15)17;3*1-2/h12-15,17,20,22H,6-11H2,1-5H3;2*1-2H3;2H,1H3/b18-12-;;;. The third-order valence-electron chi connectivity index (χ3n) is 7.05. The summed E-state index contributed by atoms with van der Waals surface area (Å²) in [6, 6.07) is 0. The maximum Gasteiger partial charge on any atom is 0.0608 e. The van der Waals surface area contributed by atoms with Crippen molar-refractivity contribution in [1.82, 2.24) is 0 Å². The van der Waals surface area contributed by atoms with E-state index in [0.29, 0.717) is 17.8 Å². The summed E-state index contributed by atoms with van der Waals surface area (Å²) in [6.07, 6.45) is 9.78. The van der Waals surface area contributed by atoms with E-state index in [0.717, 1.165) is 19.4 Å². The Morgan fingerprint density at radius 3 is 2.18 bits per heavy atom. The van der Waals surface area contributed by atoms with Crippen LogP contribution in [0.4, 0.5) is 0 Å². The van der Waals surface area contributed by atoms with E-state index >= 15 is 0 Å². The van der Waals surface area contributed by atoms with E-state index in [9.17, 15) is 5.11 Å². The van der Waals surface area contributed by atoms with E-state index in [2.05, 4.69) is 40.7 Å². The molecule has 0 amide bonds. The summed E-state index contributed by atoms with van der Waals surface area (Å²) in [5.74, 6) is 2.42. The number of fused-ring (bicyclic) bond motifs is 2. The van der Waals surface area contributed by atoms with Crippen LogP contribution >= 0.6 is 0 Å². The lowest BCUT2D eigenvalue weighted by molar-refractivity contribution is 0.0860. The second kappa shape index (κ2) is 12.9. The van der Waals surface area contributed by atoms with Gasteiger partial charge in [-0.05, 0) is 62.2 Å². The van der Waals surface area contributed by atoms with Gasteiger partial charge in [0.15, 0.2) is 0 Å². The number of allylic oxidation sites excluding steroid dienone is 3. The molecule has 0 saturated heterocycles. The van der Waals surface area contributed by atoms with Gasteiger partial charge in [-0.25, -0.2) is 0 Å². The molecule has 166 valence electrons. The molecule has 5 atom stereocenters. The molecule has 3 aliphatic rings. The average molecular weight is 395 g/mol. The van der Waals surface area contributed by atoms with Crippen LogP contribution in [-0.4, -0.2) is 23.4 Å². The molecule has 28 heavy (non-hydrogen) atoms. The Bertz CT molecular complexity index is 503. The number of hydrogen-bond acceptors (Lipinski definition) is 2. The summed E-state index contributed by atoms with van der Waals surface area (Å²) < 4.78 is 0. The molecule has 2 heteroatoms. The van der Waals surface area contributed by atoms with Crippen LogP contribution in [0.3, 0.4) is 0 Å². The molecule has 0 aromatic rings. The zero-order valence-corrected chi connectivity index (χ0v) is 20.6. The van der Waals surface area contributed by atoms with Crippen LogP contribution in [-0.2, 0) is 0 Å². The monoisotopic (exact) mass is 394 g/mol. The van der Waals surface area contributed by atoms with Crippen LogP contribution in [0.15, 0.2) is 22.8 Å². The zero-order chi connectivity index (χ0) is 22.1. The molecule has 1 saturated carbocycles. The average Bonchev–Trinajstić information content (AvgIpc) is 3.26. The van der Waals surface area contributed by atoms with Gasteiger partial charge in [-0.15, -0.1) is 0 Å². The van der Waals surface area contributed by atoms with Crippen LogP contribution in [0.25, 0.3) is 0 Å². The van der Waals surface area contributed by atoms with Crippen molar-refractivity contribution < 1.29 is 10.2 Å². The molecule has 0 radical (unpaired) electrons. The first-order valence-corrected chi connectivity index (χ1v) is 11.9. The first-order valence-electron chi connectivity index (χ1n) is 11.9. The van der Waals surface area contributed by atoms with Crippen molar-refractivity contribution in [2.75, 3.05) is 7.11 Å². The molecule has 0 spiro atoms. The molecule has 0 aromatic carbocycles. The van der Waals surface area contributed by atoms with Crippen molar-refractivity contribution in [1.29, 1.82) is 0 Å². The smallest absolute Gasteiger partial charge is 0.0608 e. The summed E-state index contributed by atoms with van der Waals surface area (Å²) in [7, 11) is 1.00. The highest BCUT2D eigenvalue weighted by atomic mass is 16.3. The normalized spacial score (nSPS) is 35.5. The lowest BCUT2D eigenvalue weighted by Gasteiger charge is -2.37. The third-order valence-corrected chi connectivity index (χ3v) is 7.05. The van der Waals surface area contributed by atoms with Gasteiger partial charge < -0.3 is 10.2 Å². The SMILES string of the molecule is CC.CC.CCC1CCC2/C1=C\C1(C)CCC(C(C)C)=C1CC(O)C2C.CO. The van der Waals surface area contributed by atoms with E-state index in [-0.39, 0.29) is 11.5 Å². The van der Waals surface area contributed by atoms with Crippen LogP contribution in [0.1, 0.15) is 101 Å². The van der Waals surface area contributed by atoms with Crippen LogP contribution in [0, 0.1) is 29.1 Å². The number of rotatable bonds is 2. The summed E-state index contributed by atoms with van der Waals surface area (Å²) in [5, 5.41) is 17.9. The first-order chi connectivity index (χ1) is 13.4. The number of hydrogen-bond donors (Lipinski definition) is 2. The molecule has 5 unspecified atom stereocenters. The fourth-order valence-electron chi connectivity index (χ4n) is 5.50. The van der Waals surface area contributed by atoms with Crippen LogP contribution in [0.2, 0.25) is 0 Å².